The lowest BCUT2D eigenvalue weighted by molar-refractivity contribution is -0.132. The molecular formula is C12H13FO3. The van der Waals surface area contributed by atoms with Gasteiger partial charge in [-0.15, -0.1) is 0 Å². The molecule has 0 radical (unpaired) electrons. The van der Waals surface area contributed by atoms with E-state index >= 15 is 0 Å². The molecular weight excluding hydrogens is 211 g/mol. The van der Waals surface area contributed by atoms with Crippen molar-refractivity contribution in [3.8, 4) is 5.75 Å². The van der Waals surface area contributed by atoms with Gasteiger partial charge in [0, 0.05) is 11.6 Å². The maximum absolute atomic E-state index is 12.9. The van der Waals surface area contributed by atoms with E-state index in [1.807, 2.05) is 0 Å². The molecule has 0 unspecified atom stereocenters. The zero-order valence-corrected chi connectivity index (χ0v) is 9.16. The van der Waals surface area contributed by atoms with Gasteiger partial charge < -0.3 is 9.84 Å². The molecule has 0 bridgehead atoms. The van der Waals surface area contributed by atoms with E-state index in [1.54, 1.807) is 13.0 Å². The van der Waals surface area contributed by atoms with E-state index in [-0.39, 0.29) is 18.0 Å². The third kappa shape index (κ3) is 3.38. The fourth-order valence-corrected chi connectivity index (χ4v) is 1.07. The Morgan fingerprint density at radius 2 is 2.25 bits per heavy atom. The number of hydrogen-bond acceptors (Lipinski definition) is 2. The third-order valence-electron chi connectivity index (χ3n) is 2.12. The van der Waals surface area contributed by atoms with Gasteiger partial charge >= 0.3 is 5.97 Å². The van der Waals surface area contributed by atoms with E-state index in [4.69, 9.17) is 9.84 Å². The molecule has 0 aliphatic carbocycles. The zero-order chi connectivity index (χ0) is 12.1. The fourth-order valence-electron chi connectivity index (χ4n) is 1.07. The van der Waals surface area contributed by atoms with Crippen LogP contribution in [0.25, 0.3) is 0 Å². The normalized spacial score (nSPS) is 11.3. The van der Waals surface area contributed by atoms with Crippen LogP contribution in [0, 0.1) is 12.7 Å². The monoisotopic (exact) mass is 224 g/mol. The molecule has 0 fully saturated rings. The highest BCUT2D eigenvalue weighted by molar-refractivity contribution is 5.85. The number of carboxylic acids is 1. The Morgan fingerprint density at radius 3 is 2.88 bits per heavy atom. The summed E-state index contributed by atoms with van der Waals surface area (Å²) >= 11 is 0. The number of carboxylic acid groups (broad SMARTS) is 1. The van der Waals surface area contributed by atoms with Crippen LogP contribution in [0.15, 0.2) is 29.8 Å². The lowest BCUT2D eigenvalue weighted by Gasteiger charge is -2.06. The van der Waals surface area contributed by atoms with Crippen LogP contribution in [0.5, 0.6) is 5.75 Å². The van der Waals surface area contributed by atoms with E-state index in [1.165, 1.54) is 25.1 Å². The molecule has 1 aromatic rings. The molecule has 0 aromatic heterocycles. The van der Waals surface area contributed by atoms with Gasteiger partial charge in [0.1, 0.15) is 18.2 Å². The number of aliphatic carboxylic acids is 1. The average molecular weight is 224 g/mol. The van der Waals surface area contributed by atoms with Crippen LogP contribution >= 0.6 is 0 Å². The number of hydrogen-bond donors (Lipinski definition) is 1. The molecule has 4 heteroatoms. The van der Waals surface area contributed by atoms with Gasteiger partial charge in [-0.05, 0) is 31.6 Å². The molecule has 1 aromatic carbocycles. The first-order valence-corrected chi connectivity index (χ1v) is 4.79. The minimum Gasteiger partial charge on any atom is -0.489 e. The number of halogens is 1. The molecule has 0 spiro atoms. The molecule has 0 aliphatic rings. The van der Waals surface area contributed by atoms with E-state index in [0.717, 1.165) is 5.56 Å². The third-order valence-corrected chi connectivity index (χ3v) is 2.12. The standard InChI is InChI=1S/C12H13FO3/c1-8-3-4-10(13)7-11(8)16-6-5-9(2)12(14)15/h3-5,7H,6H2,1-2H3,(H,14,15)/b9-5-. The van der Waals surface area contributed by atoms with Gasteiger partial charge in [0.05, 0.1) is 0 Å². The Labute approximate surface area is 93.2 Å². The summed E-state index contributed by atoms with van der Waals surface area (Å²) in [4.78, 5) is 10.5. The summed E-state index contributed by atoms with van der Waals surface area (Å²) < 4.78 is 18.1. The molecule has 0 atom stereocenters. The number of ether oxygens (including phenoxy) is 1. The number of aryl methyl sites for hydroxylation is 1. The number of rotatable bonds is 4. The first kappa shape index (κ1) is 12.2. The topological polar surface area (TPSA) is 46.5 Å². The molecule has 0 amide bonds. The molecule has 1 rings (SSSR count). The summed E-state index contributed by atoms with van der Waals surface area (Å²) in [6.45, 7) is 3.38. The van der Waals surface area contributed by atoms with Gasteiger partial charge in [-0.3, -0.25) is 0 Å². The van der Waals surface area contributed by atoms with Crippen molar-refractivity contribution < 1.29 is 19.0 Å². The second-order valence-corrected chi connectivity index (χ2v) is 3.41. The smallest absolute Gasteiger partial charge is 0.331 e. The second-order valence-electron chi connectivity index (χ2n) is 3.41. The van der Waals surface area contributed by atoms with Gasteiger partial charge in [0.15, 0.2) is 0 Å². The molecule has 3 nitrogen and oxygen atoms in total. The highest BCUT2D eigenvalue weighted by atomic mass is 19.1. The molecule has 16 heavy (non-hydrogen) atoms. The van der Waals surface area contributed by atoms with Crippen molar-refractivity contribution in [1.29, 1.82) is 0 Å². The van der Waals surface area contributed by atoms with Crippen molar-refractivity contribution in [1.82, 2.24) is 0 Å². The van der Waals surface area contributed by atoms with Gasteiger partial charge in [0.25, 0.3) is 0 Å². The van der Waals surface area contributed by atoms with Gasteiger partial charge in [-0.25, -0.2) is 9.18 Å². The number of benzene rings is 1. The van der Waals surface area contributed by atoms with Crippen LogP contribution in [0.4, 0.5) is 4.39 Å². The second kappa shape index (κ2) is 5.30. The van der Waals surface area contributed by atoms with E-state index in [9.17, 15) is 9.18 Å². The number of carbonyl (C=O) groups is 1. The Hall–Kier alpha value is -1.84. The highest BCUT2D eigenvalue weighted by Gasteiger charge is 2.02. The summed E-state index contributed by atoms with van der Waals surface area (Å²) in [5, 5.41) is 8.59. The van der Waals surface area contributed by atoms with Crippen molar-refractivity contribution in [2.45, 2.75) is 13.8 Å². The van der Waals surface area contributed by atoms with Gasteiger partial charge in [0.2, 0.25) is 0 Å². The molecule has 86 valence electrons. The van der Waals surface area contributed by atoms with Crippen LogP contribution in [-0.2, 0) is 4.79 Å². The van der Waals surface area contributed by atoms with Crippen LogP contribution in [0.1, 0.15) is 12.5 Å². The molecule has 0 saturated heterocycles. The maximum Gasteiger partial charge on any atom is 0.331 e. The van der Waals surface area contributed by atoms with E-state index in [2.05, 4.69) is 0 Å². The average Bonchev–Trinajstić information content (AvgIpc) is 2.22. The van der Waals surface area contributed by atoms with Crippen LogP contribution in [0.3, 0.4) is 0 Å². The lowest BCUT2D eigenvalue weighted by Crippen LogP contribution is -2.01. The maximum atomic E-state index is 12.9. The Bertz CT molecular complexity index is 424. The molecule has 0 aliphatic heterocycles. The first-order chi connectivity index (χ1) is 7.50. The Morgan fingerprint density at radius 1 is 1.56 bits per heavy atom. The van der Waals surface area contributed by atoms with Crippen molar-refractivity contribution in [3.63, 3.8) is 0 Å². The van der Waals surface area contributed by atoms with Crippen LogP contribution in [-0.4, -0.2) is 17.7 Å². The van der Waals surface area contributed by atoms with Crippen molar-refractivity contribution in [3.05, 3.63) is 41.2 Å². The summed E-state index contributed by atoms with van der Waals surface area (Å²) in [5.41, 5.74) is 1.01. The molecule has 1 N–H and O–H groups in total. The predicted molar refractivity (Wildman–Crippen MR) is 58.0 cm³/mol. The van der Waals surface area contributed by atoms with E-state index < -0.39 is 5.97 Å². The predicted octanol–water partition coefficient (Wildman–Crippen LogP) is 2.54. The summed E-state index contributed by atoms with van der Waals surface area (Å²) in [7, 11) is 0. The van der Waals surface area contributed by atoms with Crippen LogP contribution < -0.4 is 4.74 Å². The zero-order valence-electron chi connectivity index (χ0n) is 9.16. The fraction of sp³-hybridized carbons (Fsp3) is 0.250. The molecule has 0 saturated carbocycles. The van der Waals surface area contributed by atoms with Crippen molar-refractivity contribution in [2.75, 3.05) is 6.61 Å². The van der Waals surface area contributed by atoms with Gasteiger partial charge in [-0.2, -0.15) is 0 Å². The van der Waals surface area contributed by atoms with E-state index in [0.29, 0.717) is 5.75 Å². The lowest BCUT2D eigenvalue weighted by atomic mass is 10.2. The summed E-state index contributed by atoms with van der Waals surface area (Å²) in [6.07, 6.45) is 1.44. The van der Waals surface area contributed by atoms with Crippen LogP contribution in [0.2, 0.25) is 0 Å². The molecule has 0 heterocycles. The first-order valence-electron chi connectivity index (χ1n) is 4.79. The SMILES string of the molecule is C/C(=C/COc1cc(F)ccc1C)C(=O)O. The summed E-state index contributed by atoms with van der Waals surface area (Å²) in [5.74, 6) is -0.937. The quantitative estimate of drug-likeness (QED) is 0.799. The van der Waals surface area contributed by atoms with Gasteiger partial charge in [-0.1, -0.05) is 6.07 Å². The minimum absolute atomic E-state index is 0.114. The Kier molecular flexibility index (Phi) is 4.05. The van der Waals surface area contributed by atoms with Crippen molar-refractivity contribution >= 4 is 5.97 Å². The highest BCUT2D eigenvalue weighted by Crippen LogP contribution is 2.18. The Balaban J connectivity index is 2.65. The minimum atomic E-state index is -0.987. The summed E-state index contributed by atoms with van der Waals surface area (Å²) in [6, 6.07) is 4.23. The largest absolute Gasteiger partial charge is 0.489 e. The van der Waals surface area contributed by atoms with Crippen molar-refractivity contribution in [2.24, 2.45) is 0 Å².